The van der Waals surface area contributed by atoms with Crippen LogP contribution < -0.4 is 0 Å². The van der Waals surface area contributed by atoms with E-state index in [1.165, 1.54) is 54.8 Å². The molecule has 3 heterocycles. The molecular weight excluding hydrogens is 585 g/mol. The van der Waals surface area contributed by atoms with Crippen LogP contribution in [0.25, 0.3) is 82.9 Å². The van der Waals surface area contributed by atoms with Crippen molar-refractivity contribution in [1.29, 1.82) is 0 Å². The first-order valence-electron chi connectivity index (χ1n) is 16.5. The fourth-order valence-corrected chi connectivity index (χ4v) is 8.16. The maximum atomic E-state index is 5.21. The van der Waals surface area contributed by atoms with E-state index >= 15 is 0 Å². The number of para-hydroxylation sites is 1. The summed E-state index contributed by atoms with van der Waals surface area (Å²) in [6.07, 6.45) is 4.00. The molecule has 1 aliphatic rings. The topological polar surface area (TPSA) is 43.6 Å². The summed E-state index contributed by atoms with van der Waals surface area (Å²) in [6, 6.07) is 47.3. The zero-order valence-corrected chi connectivity index (χ0v) is 26.6. The lowest BCUT2D eigenvalue weighted by atomic mass is 9.80. The van der Waals surface area contributed by atoms with Crippen molar-refractivity contribution in [3.05, 3.63) is 157 Å². The van der Waals surface area contributed by atoms with Gasteiger partial charge in [0.1, 0.15) is 0 Å². The molecule has 0 unspecified atom stereocenters. The van der Waals surface area contributed by atoms with Gasteiger partial charge in [0, 0.05) is 61.7 Å². The van der Waals surface area contributed by atoms with Crippen LogP contribution in [0.4, 0.5) is 0 Å². The van der Waals surface area contributed by atoms with E-state index in [0.29, 0.717) is 0 Å². The summed E-state index contributed by atoms with van der Waals surface area (Å²) in [5, 5.41) is 5.96. The van der Waals surface area contributed by atoms with Gasteiger partial charge in [0.25, 0.3) is 0 Å². The number of pyridine rings is 1. The number of nitrogens with zero attached hydrogens (tertiary/aromatic N) is 4. The van der Waals surface area contributed by atoms with Gasteiger partial charge in [0.2, 0.25) is 0 Å². The van der Waals surface area contributed by atoms with Crippen molar-refractivity contribution in [1.82, 2.24) is 19.5 Å². The molecule has 4 heteroatoms. The van der Waals surface area contributed by atoms with Crippen LogP contribution in [0.5, 0.6) is 0 Å². The molecule has 0 atom stereocenters. The van der Waals surface area contributed by atoms with E-state index in [-0.39, 0.29) is 5.41 Å². The second-order valence-electron chi connectivity index (χ2n) is 13.2. The standard InChI is InChI=1S/C44H30N4/c1-44(2)35-19-11-9-17-31(35)39-40(44)34-26-45-24-23-30(34)38-32-18-10-12-20-37(32)48(42(38)39)29-21-22-36-33(25-29)41(27-13-5-3-6-14-27)47-43(46-36)28-15-7-4-8-16-28/h3-26H,1-2H3. The third kappa shape index (κ3) is 3.68. The summed E-state index contributed by atoms with van der Waals surface area (Å²) in [4.78, 5) is 15.0. The monoisotopic (exact) mass is 614 g/mol. The van der Waals surface area contributed by atoms with E-state index in [1.54, 1.807) is 0 Å². The summed E-state index contributed by atoms with van der Waals surface area (Å²) in [6.45, 7) is 4.71. The third-order valence-electron chi connectivity index (χ3n) is 10.2. The van der Waals surface area contributed by atoms with Gasteiger partial charge in [-0.3, -0.25) is 4.98 Å². The van der Waals surface area contributed by atoms with E-state index in [0.717, 1.165) is 39.2 Å². The minimum atomic E-state index is -0.186. The van der Waals surface area contributed by atoms with Gasteiger partial charge in [-0.25, -0.2) is 9.97 Å². The summed E-state index contributed by atoms with van der Waals surface area (Å²) >= 11 is 0. The van der Waals surface area contributed by atoms with Crippen molar-refractivity contribution in [3.8, 4) is 39.5 Å². The van der Waals surface area contributed by atoms with Crippen LogP contribution in [0.15, 0.2) is 146 Å². The van der Waals surface area contributed by atoms with E-state index in [9.17, 15) is 0 Å². The second-order valence-corrected chi connectivity index (χ2v) is 13.2. The minimum Gasteiger partial charge on any atom is -0.309 e. The second kappa shape index (κ2) is 9.93. The highest BCUT2D eigenvalue weighted by Gasteiger charge is 2.39. The van der Waals surface area contributed by atoms with Crippen LogP contribution in [0, 0.1) is 0 Å². The summed E-state index contributed by atoms with van der Waals surface area (Å²) in [7, 11) is 0. The SMILES string of the molecule is CC1(C)c2ccccc2-c2c1c1cnccc1c1c3ccccc3n(-c3ccc4nc(-c5ccccc5)nc(-c5ccccc5)c4c3)c21. The predicted octanol–water partition coefficient (Wildman–Crippen LogP) is 10.9. The first-order valence-corrected chi connectivity index (χ1v) is 16.5. The largest absolute Gasteiger partial charge is 0.309 e. The van der Waals surface area contributed by atoms with E-state index in [1.807, 2.05) is 30.5 Å². The number of hydrogen-bond donors (Lipinski definition) is 0. The van der Waals surface area contributed by atoms with Crippen LogP contribution >= 0.6 is 0 Å². The molecule has 0 N–H and O–H groups in total. The van der Waals surface area contributed by atoms with Gasteiger partial charge in [0.15, 0.2) is 5.82 Å². The van der Waals surface area contributed by atoms with Gasteiger partial charge in [-0.15, -0.1) is 0 Å². The fourth-order valence-electron chi connectivity index (χ4n) is 8.16. The van der Waals surface area contributed by atoms with Gasteiger partial charge in [0.05, 0.1) is 22.2 Å². The maximum absolute atomic E-state index is 5.21. The lowest BCUT2D eigenvalue weighted by Crippen LogP contribution is -2.15. The molecule has 0 saturated carbocycles. The number of aromatic nitrogens is 4. The van der Waals surface area contributed by atoms with Crippen molar-refractivity contribution < 1.29 is 0 Å². The highest BCUT2D eigenvalue weighted by Crippen LogP contribution is 2.56. The molecule has 0 fully saturated rings. The van der Waals surface area contributed by atoms with E-state index in [2.05, 4.69) is 139 Å². The normalized spacial score (nSPS) is 13.4. The van der Waals surface area contributed by atoms with Gasteiger partial charge < -0.3 is 4.57 Å². The Hall–Kier alpha value is -6.13. The zero-order valence-electron chi connectivity index (χ0n) is 26.6. The molecule has 226 valence electrons. The van der Waals surface area contributed by atoms with Gasteiger partial charge >= 0.3 is 0 Å². The molecule has 6 aromatic carbocycles. The number of benzene rings is 6. The first-order chi connectivity index (χ1) is 23.6. The van der Waals surface area contributed by atoms with Crippen molar-refractivity contribution in [2.75, 3.05) is 0 Å². The Morgan fingerprint density at radius 1 is 0.604 bits per heavy atom. The van der Waals surface area contributed by atoms with Gasteiger partial charge in [-0.2, -0.15) is 0 Å². The highest BCUT2D eigenvalue weighted by atomic mass is 15.0. The van der Waals surface area contributed by atoms with Crippen LogP contribution in [0.2, 0.25) is 0 Å². The molecule has 3 aromatic heterocycles. The maximum Gasteiger partial charge on any atom is 0.160 e. The number of rotatable bonds is 3. The fraction of sp³-hybridized carbons (Fsp3) is 0.0682. The Morgan fingerprint density at radius 2 is 1.33 bits per heavy atom. The summed E-state index contributed by atoms with van der Waals surface area (Å²) in [5.41, 5.74) is 12.5. The molecular formula is C44H30N4. The lowest BCUT2D eigenvalue weighted by Gasteiger charge is -2.23. The van der Waals surface area contributed by atoms with E-state index in [4.69, 9.17) is 9.97 Å². The highest BCUT2D eigenvalue weighted by molar-refractivity contribution is 6.27. The third-order valence-corrected chi connectivity index (χ3v) is 10.2. The first kappa shape index (κ1) is 27.0. The van der Waals surface area contributed by atoms with Crippen LogP contribution in [-0.4, -0.2) is 19.5 Å². The van der Waals surface area contributed by atoms with Crippen molar-refractivity contribution in [2.24, 2.45) is 0 Å². The molecule has 0 bridgehead atoms. The average Bonchev–Trinajstić information content (AvgIpc) is 3.61. The molecule has 9 aromatic rings. The molecule has 1 aliphatic carbocycles. The average molecular weight is 615 g/mol. The quantitative estimate of drug-likeness (QED) is 0.199. The molecule has 10 rings (SSSR count). The van der Waals surface area contributed by atoms with Gasteiger partial charge in [-0.1, -0.05) is 117 Å². The minimum absolute atomic E-state index is 0.186. The Balaban J connectivity index is 1.36. The molecule has 0 saturated heterocycles. The molecule has 0 radical (unpaired) electrons. The molecule has 48 heavy (non-hydrogen) atoms. The Morgan fingerprint density at radius 3 is 2.17 bits per heavy atom. The Kier molecular flexibility index (Phi) is 5.59. The summed E-state index contributed by atoms with van der Waals surface area (Å²) < 4.78 is 2.47. The van der Waals surface area contributed by atoms with Crippen LogP contribution in [0.1, 0.15) is 25.0 Å². The lowest BCUT2D eigenvalue weighted by molar-refractivity contribution is 0.666. The van der Waals surface area contributed by atoms with Crippen molar-refractivity contribution in [2.45, 2.75) is 19.3 Å². The van der Waals surface area contributed by atoms with Crippen molar-refractivity contribution >= 4 is 43.5 Å². The van der Waals surface area contributed by atoms with E-state index < -0.39 is 0 Å². The Bertz CT molecular complexity index is 2740. The van der Waals surface area contributed by atoms with Gasteiger partial charge in [-0.05, 0) is 52.4 Å². The van der Waals surface area contributed by atoms with Crippen LogP contribution in [0.3, 0.4) is 0 Å². The number of fused-ring (bicyclic) bond motifs is 11. The van der Waals surface area contributed by atoms with Crippen LogP contribution in [-0.2, 0) is 5.41 Å². The number of hydrogen-bond acceptors (Lipinski definition) is 3. The summed E-state index contributed by atoms with van der Waals surface area (Å²) in [5.74, 6) is 0.725. The zero-order chi connectivity index (χ0) is 32.0. The predicted molar refractivity (Wildman–Crippen MR) is 198 cm³/mol. The smallest absolute Gasteiger partial charge is 0.160 e. The molecule has 4 nitrogen and oxygen atoms in total. The molecule has 0 amide bonds. The Labute approximate surface area is 278 Å². The molecule has 0 aliphatic heterocycles. The molecule has 0 spiro atoms. The van der Waals surface area contributed by atoms with Crippen molar-refractivity contribution in [3.63, 3.8) is 0 Å².